The van der Waals surface area contributed by atoms with Gasteiger partial charge in [-0.05, 0) is 56.2 Å². The first-order chi connectivity index (χ1) is 9.97. The van der Waals surface area contributed by atoms with Gasteiger partial charge < -0.3 is 10.2 Å². The van der Waals surface area contributed by atoms with Crippen LogP contribution in [0.4, 0.5) is 0 Å². The highest BCUT2D eigenvalue weighted by atomic mass is 16.2. The molecule has 1 N–H and O–H groups in total. The van der Waals surface area contributed by atoms with Crippen LogP contribution in [-0.4, -0.2) is 28.8 Å². The molecule has 2 amide bonds. The Hall–Kier alpha value is -1.84. The summed E-state index contributed by atoms with van der Waals surface area (Å²) in [5.41, 5.74) is 3.56. The zero-order chi connectivity index (χ0) is 15.1. The first-order valence-electron chi connectivity index (χ1n) is 7.64. The molecular weight excluding hydrogens is 264 g/mol. The summed E-state index contributed by atoms with van der Waals surface area (Å²) in [7, 11) is 0. The third-order valence-electron chi connectivity index (χ3n) is 4.61. The van der Waals surface area contributed by atoms with Crippen molar-refractivity contribution in [1.29, 1.82) is 0 Å². The van der Waals surface area contributed by atoms with Crippen molar-refractivity contribution in [3.05, 3.63) is 34.9 Å². The lowest BCUT2D eigenvalue weighted by molar-refractivity contribution is -0.150. The average Bonchev–Trinajstić information content (AvgIpc) is 3.24. The summed E-state index contributed by atoms with van der Waals surface area (Å²) in [6.45, 7) is 6.44. The second kappa shape index (κ2) is 5.17. The van der Waals surface area contributed by atoms with Crippen molar-refractivity contribution in [2.45, 2.75) is 52.2 Å². The second-order valence-corrected chi connectivity index (χ2v) is 6.40. The molecule has 1 aromatic carbocycles. The minimum Gasteiger partial charge on any atom is -0.343 e. The molecule has 1 saturated heterocycles. The molecule has 0 aromatic heterocycles. The Bertz CT molecular complexity index is 592. The molecule has 2 unspecified atom stereocenters. The Morgan fingerprint density at radius 2 is 1.90 bits per heavy atom. The number of aryl methyl sites for hydroxylation is 2. The largest absolute Gasteiger partial charge is 0.343 e. The Kier molecular flexibility index (Phi) is 3.47. The van der Waals surface area contributed by atoms with Crippen LogP contribution >= 0.6 is 0 Å². The minimum absolute atomic E-state index is 0.00781. The van der Waals surface area contributed by atoms with Crippen LogP contribution in [0.25, 0.3) is 0 Å². The molecule has 112 valence electrons. The van der Waals surface area contributed by atoms with E-state index in [1.165, 1.54) is 11.1 Å². The lowest BCUT2D eigenvalue weighted by Crippen LogP contribution is -2.62. The van der Waals surface area contributed by atoms with E-state index in [0.29, 0.717) is 12.5 Å². The molecule has 2 aliphatic rings. The SMILES string of the molecule is Cc1ccc(CN2C(=O)C(C)NC(=O)C2C2CC2)cc1C. The van der Waals surface area contributed by atoms with Crippen LogP contribution in [0.2, 0.25) is 0 Å². The number of benzene rings is 1. The van der Waals surface area contributed by atoms with Crippen molar-refractivity contribution < 1.29 is 9.59 Å². The van der Waals surface area contributed by atoms with Crippen LogP contribution < -0.4 is 5.32 Å². The first-order valence-corrected chi connectivity index (χ1v) is 7.64. The van der Waals surface area contributed by atoms with Crippen LogP contribution in [0.3, 0.4) is 0 Å². The molecule has 1 aromatic rings. The quantitative estimate of drug-likeness (QED) is 0.923. The Morgan fingerprint density at radius 1 is 1.19 bits per heavy atom. The summed E-state index contributed by atoms with van der Waals surface area (Å²) in [5.74, 6) is 0.381. The van der Waals surface area contributed by atoms with Crippen molar-refractivity contribution in [1.82, 2.24) is 10.2 Å². The van der Waals surface area contributed by atoms with Gasteiger partial charge in [-0.15, -0.1) is 0 Å². The van der Waals surface area contributed by atoms with Crippen LogP contribution in [0.5, 0.6) is 0 Å². The zero-order valence-corrected chi connectivity index (χ0v) is 12.8. The monoisotopic (exact) mass is 286 g/mol. The van der Waals surface area contributed by atoms with Crippen LogP contribution in [0.15, 0.2) is 18.2 Å². The van der Waals surface area contributed by atoms with Crippen molar-refractivity contribution in [2.75, 3.05) is 0 Å². The topological polar surface area (TPSA) is 49.4 Å². The van der Waals surface area contributed by atoms with Gasteiger partial charge in [0.1, 0.15) is 12.1 Å². The van der Waals surface area contributed by atoms with Crippen molar-refractivity contribution in [3.63, 3.8) is 0 Å². The number of rotatable bonds is 3. The number of carbonyl (C=O) groups excluding carboxylic acids is 2. The molecule has 4 nitrogen and oxygen atoms in total. The van der Waals surface area contributed by atoms with E-state index in [1.54, 1.807) is 11.8 Å². The molecule has 4 heteroatoms. The number of hydrogen-bond donors (Lipinski definition) is 1. The fourth-order valence-electron chi connectivity index (χ4n) is 3.04. The molecule has 0 bridgehead atoms. The Morgan fingerprint density at radius 3 is 2.52 bits per heavy atom. The van der Waals surface area contributed by atoms with Crippen molar-refractivity contribution >= 4 is 11.8 Å². The number of hydrogen-bond acceptors (Lipinski definition) is 2. The number of piperazine rings is 1. The van der Waals surface area contributed by atoms with Gasteiger partial charge in [0.25, 0.3) is 0 Å². The summed E-state index contributed by atoms with van der Waals surface area (Å²) < 4.78 is 0. The maximum Gasteiger partial charge on any atom is 0.245 e. The lowest BCUT2D eigenvalue weighted by Gasteiger charge is -2.38. The van der Waals surface area contributed by atoms with Gasteiger partial charge in [0.05, 0.1) is 0 Å². The summed E-state index contributed by atoms with van der Waals surface area (Å²) in [5, 5.41) is 2.81. The van der Waals surface area contributed by atoms with Gasteiger partial charge in [0.2, 0.25) is 11.8 Å². The predicted molar refractivity (Wildman–Crippen MR) is 80.6 cm³/mol. The maximum atomic E-state index is 12.5. The molecule has 1 aliphatic carbocycles. The minimum atomic E-state index is -0.418. The maximum absolute atomic E-state index is 12.5. The van der Waals surface area contributed by atoms with Crippen molar-refractivity contribution in [3.8, 4) is 0 Å². The van der Waals surface area contributed by atoms with E-state index in [0.717, 1.165) is 18.4 Å². The van der Waals surface area contributed by atoms with E-state index in [-0.39, 0.29) is 17.9 Å². The van der Waals surface area contributed by atoms with Crippen molar-refractivity contribution in [2.24, 2.45) is 5.92 Å². The predicted octanol–water partition coefficient (Wildman–Crippen LogP) is 1.93. The first kappa shape index (κ1) is 14.1. The van der Waals surface area contributed by atoms with Gasteiger partial charge in [-0.25, -0.2) is 0 Å². The van der Waals surface area contributed by atoms with Gasteiger partial charge in [-0.3, -0.25) is 9.59 Å². The van der Waals surface area contributed by atoms with Crippen LogP contribution in [-0.2, 0) is 16.1 Å². The van der Waals surface area contributed by atoms with E-state index in [9.17, 15) is 9.59 Å². The average molecular weight is 286 g/mol. The summed E-state index contributed by atoms with van der Waals surface area (Å²) in [6.07, 6.45) is 2.09. The van der Waals surface area contributed by atoms with Gasteiger partial charge in [0.15, 0.2) is 0 Å². The number of nitrogens with zero attached hydrogens (tertiary/aromatic N) is 1. The van der Waals surface area contributed by atoms with E-state index in [2.05, 4.69) is 37.4 Å². The molecule has 1 aliphatic heterocycles. The summed E-state index contributed by atoms with van der Waals surface area (Å²) in [6, 6.07) is 5.55. The van der Waals surface area contributed by atoms with Gasteiger partial charge in [0, 0.05) is 6.54 Å². The molecule has 2 fully saturated rings. The molecular formula is C17H22N2O2. The third kappa shape index (κ3) is 2.67. The number of carbonyl (C=O) groups is 2. The zero-order valence-electron chi connectivity index (χ0n) is 12.8. The van der Waals surface area contributed by atoms with E-state index < -0.39 is 6.04 Å². The molecule has 21 heavy (non-hydrogen) atoms. The number of nitrogens with one attached hydrogen (secondary N) is 1. The highest BCUT2D eigenvalue weighted by Crippen LogP contribution is 2.37. The van der Waals surface area contributed by atoms with E-state index in [4.69, 9.17) is 0 Å². The summed E-state index contributed by atoms with van der Waals surface area (Å²) >= 11 is 0. The third-order valence-corrected chi connectivity index (χ3v) is 4.61. The normalized spacial score (nSPS) is 26.0. The fourth-order valence-corrected chi connectivity index (χ4v) is 3.04. The van der Waals surface area contributed by atoms with E-state index in [1.807, 2.05) is 0 Å². The Balaban J connectivity index is 1.86. The molecule has 1 saturated carbocycles. The van der Waals surface area contributed by atoms with Gasteiger partial charge >= 0.3 is 0 Å². The van der Waals surface area contributed by atoms with Crippen LogP contribution in [0.1, 0.15) is 36.5 Å². The van der Waals surface area contributed by atoms with E-state index >= 15 is 0 Å². The molecule has 0 radical (unpaired) electrons. The number of amides is 2. The standard InChI is InChI=1S/C17H22N2O2/c1-10-4-5-13(8-11(10)2)9-19-15(14-6-7-14)16(20)18-12(3)17(19)21/h4-5,8,12,14-15H,6-7,9H2,1-3H3,(H,18,20). The lowest BCUT2D eigenvalue weighted by atomic mass is 10.0. The molecule has 1 heterocycles. The Labute approximate surface area is 125 Å². The fraction of sp³-hybridized carbons (Fsp3) is 0.529. The van der Waals surface area contributed by atoms with Gasteiger partial charge in [-0.1, -0.05) is 18.2 Å². The highest BCUT2D eigenvalue weighted by molar-refractivity contribution is 5.97. The van der Waals surface area contributed by atoms with Gasteiger partial charge in [-0.2, -0.15) is 0 Å². The van der Waals surface area contributed by atoms with Crippen LogP contribution in [0, 0.1) is 19.8 Å². The highest BCUT2D eigenvalue weighted by Gasteiger charge is 2.46. The summed E-state index contributed by atoms with van der Waals surface area (Å²) in [4.78, 5) is 26.5. The molecule has 3 rings (SSSR count). The molecule has 2 atom stereocenters. The molecule has 0 spiro atoms. The second-order valence-electron chi connectivity index (χ2n) is 6.40. The smallest absolute Gasteiger partial charge is 0.245 e.